The molecule has 5 nitrogen and oxygen atoms in total. The molecule has 1 aliphatic heterocycles. The van der Waals surface area contributed by atoms with Crippen molar-refractivity contribution in [3.8, 4) is 0 Å². The molecule has 0 aliphatic carbocycles. The molecule has 3 N–H and O–H groups in total. The summed E-state index contributed by atoms with van der Waals surface area (Å²) in [5, 5.41) is 12.2. The number of allylic oxidation sites excluding steroid dienone is 2. The number of rotatable bonds is 5. The molecule has 0 radical (unpaired) electrons. The fourth-order valence-electron chi connectivity index (χ4n) is 1.70. The number of carbonyl (C=O) groups is 2. The number of esters is 1. The zero-order valence-electron chi connectivity index (χ0n) is 11.7. The summed E-state index contributed by atoms with van der Waals surface area (Å²) >= 11 is 0. The van der Waals surface area contributed by atoms with Crippen LogP contribution in [-0.4, -0.2) is 34.4 Å². The van der Waals surface area contributed by atoms with E-state index < -0.39 is 40.4 Å². The highest BCUT2D eigenvalue weighted by Crippen LogP contribution is 2.37. The van der Waals surface area contributed by atoms with Gasteiger partial charge in [-0.05, 0) is 43.4 Å². The quantitative estimate of drug-likeness (QED) is 0.408. The number of carboxylic acids is 1. The van der Waals surface area contributed by atoms with Gasteiger partial charge in [0, 0.05) is 6.04 Å². The molecular formula is C13H20FNO4S. The molecule has 1 heterocycles. The van der Waals surface area contributed by atoms with Crippen molar-refractivity contribution in [2.45, 2.75) is 32.4 Å². The van der Waals surface area contributed by atoms with Crippen LogP contribution in [0.2, 0.25) is 0 Å². The first-order valence-electron chi connectivity index (χ1n) is 6.12. The molecule has 114 valence electrons. The zero-order valence-corrected chi connectivity index (χ0v) is 12.6. The van der Waals surface area contributed by atoms with E-state index in [0.717, 1.165) is 0 Å². The van der Waals surface area contributed by atoms with Gasteiger partial charge in [0.05, 0.1) is 0 Å². The second-order valence-corrected chi connectivity index (χ2v) is 7.49. The van der Waals surface area contributed by atoms with Crippen LogP contribution in [0.15, 0.2) is 22.7 Å². The van der Waals surface area contributed by atoms with Gasteiger partial charge in [-0.1, -0.05) is 0 Å². The summed E-state index contributed by atoms with van der Waals surface area (Å²) in [6, 6.07) is -0.916. The molecule has 1 aliphatic rings. The van der Waals surface area contributed by atoms with Crippen molar-refractivity contribution < 1.29 is 23.8 Å². The lowest BCUT2D eigenvalue weighted by Crippen LogP contribution is -2.45. The Morgan fingerprint density at radius 2 is 2.10 bits per heavy atom. The van der Waals surface area contributed by atoms with Gasteiger partial charge >= 0.3 is 11.9 Å². The highest BCUT2D eigenvalue weighted by atomic mass is 32.2. The number of ether oxygens (including phenoxy) is 1. The van der Waals surface area contributed by atoms with Crippen molar-refractivity contribution >= 4 is 22.8 Å². The van der Waals surface area contributed by atoms with Crippen molar-refractivity contribution in [1.82, 2.24) is 0 Å². The molecule has 0 saturated carbocycles. The van der Waals surface area contributed by atoms with E-state index in [1.807, 2.05) is 0 Å². The maximum atomic E-state index is 12.9. The molecule has 1 rings (SSSR count). The molecule has 3 atom stereocenters. The number of hydrogen-bond acceptors (Lipinski definition) is 4. The third-order valence-corrected chi connectivity index (χ3v) is 4.44. The molecule has 7 heteroatoms. The van der Waals surface area contributed by atoms with Crippen LogP contribution in [0.5, 0.6) is 0 Å². The maximum absolute atomic E-state index is 12.9. The van der Waals surface area contributed by atoms with E-state index >= 15 is 0 Å². The van der Waals surface area contributed by atoms with Gasteiger partial charge in [0.2, 0.25) is 0 Å². The van der Waals surface area contributed by atoms with Crippen LogP contribution >= 0.6 is 10.9 Å². The SMILES string of the molecule is CC(C)(C)OC(=O)C(C(=O)O)C(N)C[SH]1C=CC(F)=C1. The first kappa shape index (κ1) is 16.7. The van der Waals surface area contributed by atoms with Crippen molar-refractivity contribution in [1.29, 1.82) is 0 Å². The molecule has 0 saturated heterocycles. The largest absolute Gasteiger partial charge is 0.481 e. The van der Waals surface area contributed by atoms with Gasteiger partial charge in [0.25, 0.3) is 0 Å². The van der Waals surface area contributed by atoms with E-state index in [2.05, 4.69) is 0 Å². The molecule has 0 bridgehead atoms. The Bertz CT molecular complexity index is 456. The summed E-state index contributed by atoms with van der Waals surface area (Å²) in [4.78, 5) is 23.1. The average molecular weight is 305 g/mol. The number of thiol groups is 1. The number of nitrogens with two attached hydrogens (primary N) is 1. The fraction of sp³-hybridized carbons (Fsp3) is 0.538. The molecule has 0 fully saturated rings. The lowest BCUT2D eigenvalue weighted by atomic mass is 10.0. The van der Waals surface area contributed by atoms with E-state index in [-0.39, 0.29) is 11.6 Å². The minimum atomic E-state index is -1.44. The van der Waals surface area contributed by atoms with Gasteiger partial charge in [-0.2, -0.15) is 0 Å². The second-order valence-electron chi connectivity index (χ2n) is 5.54. The predicted molar refractivity (Wildman–Crippen MR) is 77.1 cm³/mol. The minimum Gasteiger partial charge on any atom is -0.481 e. The number of aliphatic carboxylic acids is 1. The minimum absolute atomic E-state index is 0.232. The summed E-state index contributed by atoms with van der Waals surface area (Å²) in [7, 11) is -0.953. The summed E-state index contributed by atoms with van der Waals surface area (Å²) in [6.07, 6.45) is 1.32. The summed E-state index contributed by atoms with van der Waals surface area (Å²) in [6.45, 7) is 4.95. The molecule has 3 unspecified atom stereocenters. The van der Waals surface area contributed by atoms with Crippen LogP contribution in [0, 0.1) is 5.92 Å². The number of carboxylic acid groups (broad SMARTS) is 1. The fourth-order valence-corrected chi connectivity index (χ4v) is 3.45. The Morgan fingerprint density at radius 1 is 1.50 bits per heavy atom. The summed E-state index contributed by atoms with van der Waals surface area (Å²) in [5.41, 5.74) is 5.03. The monoisotopic (exact) mass is 305 g/mol. The van der Waals surface area contributed by atoms with Gasteiger partial charge in [0.15, 0.2) is 5.92 Å². The van der Waals surface area contributed by atoms with Gasteiger partial charge in [0.1, 0.15) is 11.4 Å². The second kappa shape index (κ2) is 6.41. The van der Waals surface area contributed by atoms with Gasteiger partial charge in [-0.3, -0.25) is 9.59 Å². The van der Waals surface area contributed by atoms with Crippen molar-refractivity contribution in [3.05, 3.63) is 22.7 Å². The highest BCUT2D eigenvalue weighted by Gasteiger charge is 2.36. The molecule has 0 aromatic rings. The van der Waals surface area contributed by atoms with Crippen LogP contribution < -0.4 is 5.73 Å². The van der Waals surface area contributed by atoms with E-state index in [1.54, 1.807) is 26.2 Å². The third-order valence-electron chi connectivity index (χ3n) is 2.49. The molecule has 20 heavy (non-hydrogen) atoms. The van der Waals surface area contributed by atoms with Crippen molar-refractivity contribution in [3.63, 3.8) is 0 Å². The first-order valence-corrected chi connectivity index (χ1v) is 7.79. The smallest absolute Gasteiger partial charge is 0.322 e. The summed E-state index contributed by atoms with van der Waals surface area (Å²) in [5.74, 6) is -3.75. The molecule has 0 aromatic carbocycles. The Kier molecular flexibility index (Phi) is 5.35. The normalized spacial score (nSPS) is 23.1. The van der Waals surface area contributed by atoms with Gasteiger partial charge < -0.3 is 15.6 Å². The molecule has 0 spiro atoms. The van der Waals surface area contributed by atoms with Crippen molar-refractivity contribution in [2.75, 3.05) is 5.75 Å². The molecule has 0 amide bonds. The van der Waals surface area contributed by atoms with Crippen molar-refractivity contribution in [2.24, 2.45) is 11.7 Å². The van der Waals surface area contributed by atoms with Crippen LogP contribution in [0.4, 0.5) is 4.39 Å². The van der Waals surface area contributed by atoms with E-state index in [1.165, 1.54) is 11.5 Å². The standard InChI is InChI=1S/C13H20FNO4S/c1-13(2,3)19-12(18)10(11(16)17)9(15)7-20-5-4-8(14)6-20/h4-6,9-10,20H,7,15H2,1-3H3,(H,16,17). The zero-order chi connectivity index (χ0) is 15.5. The highest BCUT2D eigenvalue weighted by molar-refractivity contribution is 8.22. The maximum Gasteiger partial charge on any atom is 0.322 e. The number of carbonyl (C=O) groups excluding carboxylic acids is 1. The Hall–Kier alpha value is -1.34. The van der Waals surface area contributed by atoms with Crippen LogP contribution in [0.1, 0.15) is 20.8 Å². The average Bonchev–Trinajstić information content (AvgIpc) is 2.60. The Labute approximate surface area is 120 Å². The van der Waals surface area contributed by atoms with Gasteiger partial charge in [-0.25, -0.2) is 15.3 Å². The third kappa shape index (κ3) is 4.97. The van der Waals surface area contributed by atoms with E-state index in [0.29, 0.717) is 0 Å². The number of hydrogen-bond donors (Lipinski definition) is 3. The van der Waals surface area contributed by atoms with E-state index in [9.17, 15) is 14.0 Å². The van der Waals surface area contributed by atoms with Crippen LogP contribution in [0.3, 0.4) is 0 Å². The lowest BCUT2D eigenvalue weighted by Gasteiger charge is -2.26. The first-order chi connectivity index (χ1) is 9.10. The van der Waals surface area contributed by atoms with Crippen LogP contribution in [0.25, 0.3) is 0 Å². The summed E-state index contributed by atoms with van der Waals surface area (Å²) < 4.78 is 18.0. The Balaban J connectivity index is 2.73. The van der Waals surface area contributed by atoms with Crippen LogP contribution in [-0.2, 0) is 14.3 Å². The number of halogens is 1. The molecule has 0 aromatic heterocycles. The topological polar surface area (TPSA) is 89.6 Å². The van der Waals surface area contributed by atoms with Gasteiger partial charge in [-0.15, -0.1) is 0 Å². The van der Waals surface area contributed by atoms with E-state index in [4.69, 9.17) is 15.6 Å². The lowest BCUT2D eigenvalue weighted by molar-refractivity contribution is -0.167. The predicted octanol–water partition coefficient (Wildman–Crippen LogP) is 1.70. The Morgan fingerprint density at radius 3 is 2.50 bits per heavy atom. The molecular weight excluding hydrogens is 285 g/mol.